The number of anilines is 2. The molecule has 0 spiro atoms. The first-order valence-electron chi connectivity index (χ1n) is 6.41. The van der Waals surface area contributed by atoms with Crippen LogP contribution >= 0.6 is 0 Å². The minimum absolute atomic E-state index is 0.104. The van der Waals surface area contributed by atoms with Crippen molar-refractivity contribution in [2.45, 2.75) is 20.3 Å². The molecule has 6 nitrogen and oxygen atoms in total. The van der Waals surface area contributed by atoms with Gasteiger partial charge < -0.3 is 16.0 Å². The summed E-state index contributed by atoms with van der Waals surface area (Å²) in [5, 5.41) is 8.10. The summed E-state index contributed by atoms with van der Waals surface area (Å²) in [5.41, 5.74) is 2.18. The lowest BCUT2D eigenvalue weighted by Gasteiger charge is -2.12. The summed E-state index contributed by atoms with van der Waals surface area (Å²) in [7, 11) is 0. The van der Waals surface area contributed by atoms with Crippen molar-refractivity contribution in [2.24, 2.45) is 5.92 Å². The van der Waals surface area contributed by atoms with Crippen LogP contribution in [0.5, 0.6) is 0 Å². The minimum Gasteiger partial charge on any atom is -0.355 e. The smallest absolute Gasteiger partial charge is 0.229 e. The zero-order chi connectivity index (χ0) is 14.7. The summed E-state index contributed by atoms with van der Waals surface area (Å²) in [5.74, 6) is -0.802. The number of benzene rings is 1. The van der Waals surface area contributed by atoms with Crippen LogP contribution in [0.3, 0.4) is 0 Å². The Morgan fingerprint density at radius 3 is 2.65 bits per heavy atom. The van der Waals surface area contributed by atoms with Gasteiger partial charge in [-0.2, -0.15) is 0 Å². The summed E-state index contributed by atoms with van der Waals surface area (Å²) < 4.78 is 0. The Morgan fingerprint density at radius 2 is 2.05 bits per heavy atom. The Balaban J connectivity index is 2.07. The van der Waals surface area contributed by atoms with E-state index in [0.29, 0.717) is 17.9 Å². The molecular weight excluding hydrogens is 258 g/mol. The molecule has 0 radical (unpaired) electrons. The predicted octanol–water partition coefficient (Wildman–Crippen LogP) is 1.03. The highest BCUT2D eigenvalue weighted by Crippen LogP contribution is 2.21. The van der Waals surface area contributed by atoms with Crippen molar-refractivity contribution in [1.29, 1.82) is 0 Å². The van der Waals surface area contributed by atoms with Crippen LogP contribution in [0.25, 0.3) is 0 Å². The number of aryl methyl sites for hydroxylation is 1. The third kappa shape index (κ3) is 3.34. The second-order valence-electron chi connectivity index (χ2n) is 4.91. The van der Waals surface area contributed by atoms with E-state index < -0.39 is 0 Å². The van der Waals surface area contributed by atoms with E-state index in [1.54, 1.807) is 12.1 Å². The van der Waals surface area contributed by atoms with Crippen LogP contribution in [0.1, 0.15) is 18.9 Å². The molecule has 1 fully saturated rings. The topological polar surface area (TPSA) is 87.3 Å². The normalized spacial score (nSPS) is 17.5. The Bertz CT molecular complexity index is 569. The van der Waals surface area contributed by atoms with Gasteiger partial charge in [0.1, 0.15) is 0 Å². The molecule has 1 unspecified atom stereocenters. The molecule has 0 saturated carbocycles. The van der Waals surface area contributed by atoms with E-state index in [1.165, 1.54) is 6.92 Å². The van der Waals surface area contributed by atoms with Crippen molar-refractivity contribution < 1.29 is 14.4 Å². The van der Waals surface area contributed by atoms with E-state index in [1.807, 2.05) is 13.0 Å². The molecule has 1 aromatic carbocycles. The van der Waals surface area contributed by atoms with Gasteiger partial charge in [0.15, 0.2) is 0 Å². The summed E-state index contributed by atoms with van der Waals surface area (Å²) >= 11 is 0. The van der Waals surface area contributed by atoms with Crippen molar-refractivity contribution in [1.82, 2.24) is 5.32 Å². The van der Waals surface area contributed by atoms with Crippen LogP contribution < -0.4 is 16.0 Å². The molecule has 106 valence electrons. The molecule has 1 heterocycles. The van der Waals surface area contributed by atoms with Crippen molar-refractivity contribution in [3.8, 4) is 0 Å². The Hall–Kier alpha value is -2.37. The van der Waals surface area contributed by atoms with E-state index in [2.05, 4.69) is 16.0 Å². The number of hydrogen-bond donors (Lipinski definition) is 3. The maximum Gasteiger partial charge on any atom is 0.229 e. The maximum absolute atomic E-state index is 12.0. The molecule has 3 N–H and O–H groups in total. The molecule has 1 aliphatic rings. The van der Waals surface area contributed by atoms with Crippen molar-refractivity contribution in [3.63, 3.8) is 0 Å². The zero-order valence-corrected chi connectivity index (χ0v) is 11.4. The lowest BCUT2D eigenvalue weighted by atomic mass is 10.1. The number of carbonyl (C=O) groups is 3. The van der Waals surface area contributed by atoms with Gasteiger partial charge in [0.05, 0.1) is 5.92 Å². The SMILES string of the molecule is CC(=O)Nc1cc(NC(=O)C2CNC(=O)C2)ccc1C. The first-order chi connectivity index (χ1) is 9.45. The van der Waals surface area contributed by atoms with E-state index >= 15 is 0 Å². The van der Waals surface area contributed by atoms with Crippen LogP contribution in [0.15, 0.2) is 18.2 Å². The predicted molar refractivity (Wildman–Crippen MR) is 75.2 cm³/mol. The first kappa shape index (κ1) is 14.0. The lowest BCUT2D eigenvalue weighted by Crippen LogP contribution is -2.24. The van der Waals surface area contributed by atoms with Gasteiger partial charge in [0, 0.05) is 31.3 Å². The van der Waals surface area contributed by atoms with Gasteiger partial charge in [-0.25, -0.2) is 0 Å². The van der Waals surface area contributed by atoms with Gasteiger partial charge in [-0.1, -0.05) is 6.07 Å². The third-order valence-electron chi connectivity index (χ3n) is 3.16. The third-order valence-corrected chi connectivity index (χ3v) is 3.16. The van der Waals surface area contributed by atoms with Crippen molar-refractivity contribution in [2.75, 3.05) is 17.2 Å². The van der Waals surface area contributed by atoms with Crippen LogP contribution in [0.4, 0.5) is 11.4 Å². The Labute approximate surface area is 116 Å². The number of carbonyl (C=O) groups excluding carboxylic acids is 3. The fourth-order valence-electron chi connectivity index (χ4n) is 2.06. The monoisotopic (exact) mass is 275 g/mol. The fourth-order valence-corrected chi connectivity index (χ4v) is 2.06. The minimum atomic E-state index is -0.340. The van der Waals surface area contributed by atoms with Crippen molar-refractivity contribution >= 4 is 29.1 Å². The van der Waals surface area contributed by atoms with Crippen LogP contribution in [0.2, 0.25) is 0 Å². The van der Waals surface area contributed by atoms with Gasteiger partial charge in [-0.15, -0.1) is 0 Å². The van der Waals surface area contributed by atoms with Gasteiger partial charge >= 0.3 is 0 Å². The molecule has 0 bridgehead atoms. The standard InChI is InChI=1S/C14H17N3O3/c1-8-3-4-11(6-12(8)16-9(2)18)17-14(20)10-5-13(19)15-7-10/h3-4,6,10H,5,7H2,1-2H3,(H,15,19)(H,16,18)(H,17,20). The average molecular weight is 275 g/mol. The molecular formula is C14H17N3O3. The average Bonchev–Trinajstić information content (AvgIpc) is 2.79. The highest BCUT2D eigenvalue weighted by molar-refractivity contribution is 5.98. The van der Waals surface area contributed by atoms with Crippen LogP contribution in [-0.4, -0.2) is 24.3 Å². The van der Waals surface area contributed by atoms with Gasteiger partial charge in [0.25, 0.3) is 0 Å². The van der Waals surface area contributed by atoms with Gasteiger partial charge in [-0.3, -0.25) is 14.4 Å². The largest absolute Gasteiger partial charge is 0.355 e. The molecule has 0 aliphatic carbocycles. The number of rotatable bonds is 3. The molecule has 3 amide bonds. The fraction of sp³-hybridized carbons (Fsp3) is 0.357. The van der Waals surface area contributed by atoms with E-state index in [9.17, 15) is 14.4 Å². The van der Waals surface area contributed by atoms with Crippen molar-refractivity contribution in [3.05, 3.63) is 23.8 Å². The van der Waals surface area contributed by atoms with E-state index in [4.69, 9.17) is 0 Å². The van der Waals surface area contributed by atoms with E-state index in [-0.39, 0.29) is 30.1 Å². The molecule has 1 atom stereocenters. The van der Waals surface area contributed by atoms with Gasteiger partial charge in [-0.05, 0) is 24.6 Å². The molecule has 1 saturated heterocycles. The summed E-state index contributed by atoms with van der Waals surface area (Å²) in [4.78, 5) is 34.2. The Morgan fingerprint density at radius 1 is 1.30 bits per heavy atom. The second kappa shape index (κ2) is 5.73. The van der Waals surface area contributed by atoms with Crippen LogP contribution in [-0.2, 0) is 14.4 Å². The molecule has 6 heteroatoms. The summed E-state index contributed by atoms with van der Waals surface area (Å²) in [6.07, 6.45) is 0.218. The molecule has 0 aromatic heterocycles. The second-order valence-corrected chi connectivity index (χ2v) is 4.91. The molecule has 1 aliphatic heterocycles. The van der Waals surface area contributed by atoms with Crippen LogP contribution in [0, 0.1) is 12.8 Å². The van der Waals surface area contributed by atoms with E-state index in [0.717, 1.165) is 5.56 Å². The summed E-state index contributed by atoms with van der Waals surface area (Å²) in [6, 6.07) is 5.29. The quantitative estimate of drug-likeness (QED) is 0.770. The first-order valence-corrected chi connectivity index (χ1v) is 6.41. The number of amides is 3. The lowest BCUT2D eigenvalue weighted by molar-refractivity contribution is -0.123. The maximum atomic E-state index is 12.0. The highest BCUT2D eigenvalue weighted by atomic mass is 16.2. The zero-order valence-electron chi connectivity index (χ0n) is 11.4. The number of nitrogens with one attached hydrogen (secondary N) is 3. The molecule has 20 heavy (non-hydrogen) atoms. The Kier molecular flexibility index (Phi) is 4.02. The summed E-state index contributed by atoms with van der Waals surface area (Å²) in [6.45, 7) is 3.67. The van der Waals surface area contributed by atoms with Gasteiger partial charge in [0.2, 0.25) is 17.7 Å². The number of hydrogen-bond acceptors (Lipinski definition) is 3. The highest BCUT2D eigenvalue weighted by Gasteiger charge is 2.27. The molecule has 1 aromatic rings. The molecule has 2 rings (SSSR count).